The summed E-state index contributed by atoms with van der Waals surface area (Å²) in [5.41, 5.74) is 0. The van der Waals surface area contributed by atoms with E-state index in [1.165, 1.54) is 18.2 Å². The summed E-state index contributed by atoms with van der Waals surface area (Å²) in [6.07, 6.45) is 0. The number of hydrogen-bond donors (Lipinski definition) is 0. The van der Waals surface area contributed by atoms with Gasteiger partial charge in [-0.3, -0.25) is 0 Å². The lowest BCUT2D eigenvalue weighted by atomic mass is 10.3. The Hall–Kier alpha value is -2.98. The first-order valence-corrected chi connectivity index (χ1v) is 10.5. The molecule has 0 unspecified atom stereocenters. The van der Waals surface area contributed by atoms with Crippen LogP contribution in [0.5, 0.6) is 11.5 Å². The fourth-order valence-electron chi connectivity index (χ4n) is 2.13. The highest BCUT2D eigenvalue weighted by molar-refractivity contribution is 7.87. The van der Waals surface area contributed by atoms with Crippen molar-refractivity contribution in [1.29, 1.82) is 0 Å². The zero-order valence-corrected chi connectivity index (χ0v) is 15.6. The van der Waals surface area contributed by atoms with Gasteiger partial charge in [-0.05, 0) is 60.7 Å². The van der Waals surface area contributed by atoms with Crippen molar-refractivity contribution in [3.8, 4) is 11.5 Å². The topological polar surface area (TPSA) is 86.7 Å². The van der Waals surface area contributed by atoms with Gasteiger partial charge in [-0.15, -0.1) is 0 Å². The lowest BCUT2D eigenvalue weighted by Gasteiger charge is -2.10. The molecule has 6 nitrogen and oxygen atoms in total. The van der Waals surface area contributed by atoms with E-state index in [9.17, 15) is 25.6 Å². The van der Waals surface area contributed by atoms with Gasteiger partial charge in [-0.25, -0.2) is 8.78 Å². The van der Waals surface area contributed by atoms with Crippen LogP contribution in [-0.4, -0.2) is 16.8 Å². The third-order valence-corrected chi connectivity index (χ3v) is 5.94. The molecule has 0 bridgehead atoms. The van der Waals surface area contributed by atoms with Crippen LogP contribution in [0, 0.1) is 11.6 Å². The smallest absolute Gasteiger partial charge is 0.339 e. The molecular formula is C18H12F2O6S2. The van der Waals surface area contributed by atoms with E-state index >= 15 is 0 Å². The Balaban J connectivity index is 1.82. The van der Waals surface area contributed by atoms with E-state index in [4.69, 9.17) is 8.37 Å². The largest absolute Gasteiger partial charge is 0.379 e. The lowest BCUT2D eigenvalue weighted by molar-refractivity contribution is 0.476. The highest BCUT2D eigenvalue weighted by Gasteiger charge is 2.19. The molecule has 0 aromatic heterocycles. The summed E-state index contributed by atoms with van der Waals surface area (Å²) in [5.74, 6) is -1.65. The van der Waals surface area contributed by atoms with E-state index in [0.717, 1.165) is 54.6 Å². The zero-order chi connectivity index (χ0) is 20.4. The van der Waals surface area contributed by atoms with E-state index < -0.39 is 31.9 Å². The van der Waals surface area contributed by atoms with Gasteiger partial charge in [0.2, 0.25) is 0 Å². The van der Waals surface area contributed by atoms with E-state index in [2.05, 4.69) is 0 Å². The average molecular weight is 426 g/mol. The number of benzene rings is 3. The SMILES string of the molecule is O=S(=O)(Oc1cccc(OS(=O)(=O)c2ccc(F)cc2)c1)c1ccc(F)cc1. The maximum Gasteiger partial charge on any atom is 0.339 e. The van der Waals surface area contributed by atoms with E-state index in [1.54, 1.807) is 0 Å². The Kier molecular flexibility index (Phi) is 5.34. The van der Waals surface area contributed by atoms with Gasteiger partial charge in [0.25, 0.3) is 0 Å². The molecule has 10 heteroatoms. The number of rotatable bonds is 6. The van der Waals surface area contributed by atoms with Crippen LogP contribution in [-0.2, 0) is 20.2 Å². The van der Waals surface area contributed by atoms with Crippen LogP contribution in [0.15, 0.2) is 82.6 Å². The van der Waals surface area contributed by atoms with Crippen LogP contribution in [0.3, 0.4) is 0 Å². The van der Waals surface area contributed by atoms with Crippen molar-refractivity contribution in [2.45, 2.75) is 9.79 Å². The van der Waals surface area contributed by atoms with Crippen LogP contribution < -0.4 is 8.37 Å². The molecule has 3 aromatic rings. The fourth-order valence-corrected chi connectivity index (χ4v) is 3.98. The second-order valence-corrected chi connectivity index (χ2v) is 8.55. The van der Waals surface area contributed by atoms with Gasteiger partial charge in [0.1, 0.15) is 32.9 Å². The van der Waals surface area contributed by atoms with Crippen LogP contribution in [0.25, 0.3) is 0 Å². The van der Waals surface area contributed by atoms with Crippen LogP contribution in [0.2, 0.25) is 0 Å². The van der Waals surface area contributed by atoms with Gasteiger partial charge in [0.05, 0.1) is 0 Å². The molecular weight excluding hydrogens is 414 g/mol. The molecule has 3 aromatic carbocycles. The molecule has 0 radical (unpaired) electrons. The lowest BCUT2D eigenvalue weighted by Crippen LogP contribution is -2.11. The van der Waals surface area contributed by atoms with Crippen molar-refractivity contribution < 1.29 is 34.0 Å². The molecule has 0 N–H and O–H groups in total. The summed E-state index contributed by atoms with van der Waals surface area (Å²) < 4.78 is 84.6. The summed E-state index contributed by atoms with van der Waals surface area (Å²) in [6.45, 7) is 0. The zero-order valence-electron chi connectivity index (χ0n) is 14.0. The molecule has 3 rings (SSSR count). The van der Waals surface area contributed by atoms with Gasteiger partial charge >= 0.3 is 20.2 Å². The Bertz CT molecular complexity index is 1100. The van der Waals surface area contributed by atoms with Crippen LogP contribution >= 0.6 is 0 Å². The van der Waals surface area contributed by atoms with Crippen molar-refractivity contribution >= 4 is 20.2 Å². The van der Waals surface area contributed by atoms with Crippen LogP contribution in [0.4, 0.5) is 8.78 Å². The van der Waals surface area contributed by atoms with Gasteiger partial charge in [-0.2, -0.15) is 16.8 Å². The minimum Gasteiger partial charge on any atom is -0.379 e. The molecule has 28 heavy (non-hydrogen) atoms. The molecule has 0 aliphatic carbocycles. The molecule has 0 aliphatic rings. The standard InChI is InChI=1S/C18H12F2O6S2/c19-13-4-8-17(9-5-13)27(21,22)25-15-2-1-3-16(12-15)26-28(23,24)18-10-6-14(20)7-11-18/h1-12H. The molecule has 0 heterocycles. The first kappa shape index (κ1) is 19.8. The first-order valence-electron chi connectivity index (χ1n) is 7.66. The van der Waals surface area contributed by atoms with E-state index in [0.29, 0.717) is 0 Å². The highest BCUT2D eigenvalue weighted by atomic mass is 32.2. The van der Waals surface area contributed by atoms with Gasteiger partial charge in [0.15, 0.2) is 0 Å². The van der Waals surface area contributed by atoms with E-state index in [1.807, 2.05) is 0 Å². The van der Waals surface area contributed by atoms with E-state index in [-0.39, 0.29) is 21.3 Å². The number of halogens is 2. The summed E-state index contributed by atoms with van der Waals surface area (Å²) in [6, 6.07) is 12.9. The fraction of sp³-hybridized carbons (Fsp3) is 0. The second-order valence-electron chi connectivity index (χ2n) is 5.46. The summed E-state index contributed by atoms with van der Waals surface area (Å²) in [7, 11) is -8.52. The third kappa shape index (κ3) is 4.65. The Morgan fingerprint density at radius 1 is 0.571 bits per heavy atom. The maximum atomic E-state index is 12.9. The molecule has 0 saturated heterocycles. The Labute approximate surface area is 160 Å². The Morgan fingerprint density at radius 3 is 1.29 bits per heavy atom. The maximum absolute atomic E-state index is 12.9. The van der Waals surface area contributed by atoms with Crippen LogP contribution in [0.1, 0.15) is 0 Å². The highest BCUT2D eigenvalue weighted by Crippen LogP contribution is 2.26. The summed E-state index contributed by atoms with van der Waals surface area (Å²) in [5, 5.41) is 0. The first-order chi connectivity index (χ1) is 13.2. The predicted octanol–water partition coefficient (Wildman–Crippen LogP) is 3.50. The molecule has 146 valence electrons. The normalized spacial score (nSPS) is 11.8. The quantitative estimate of drug-likeness (QED) is 0.561. The minimum atomic E-state index is -4.26. The Morgan fingerprint density at radius 2 is 0.929 bits per heavy atom. The predicted molar refractivity (Wildman–Crippen MR) is 94.9 cm³/mol. The van der Waals surface area contributed by atoms with Crippen molar-refractivity contribution in [2.24, 2.45) is 0 Å². The van der Waals surface area contributed by atoms with Gasteiger partial charge in [-0.1, -0.05) is 6.07 Å². The van der Waals surface area contributed by atoms with Crippen molar-refractivity contribution in [1.82, 2.24) is 0 Å². The monoisotopic (exact) mass is 426 g/mol. The minimum absolute atomic E-state index is 0.212. The average Bonchev–Trinajstić information content (AvgIpc) is 2.62. The second kappa shape index (κ2) is 7.56. The molecule has 0 aliphatic heterocycles. The summed E-state index contributed by atoms with van der Waals surface area (Å²) in [4.78, 5) is -0.557. The van der Waals surface area contributed by atoms with Crippen molar-refractivity contribution in [3.63, 3.8) is 0 Å². The van der Waals surface area contributed by atoms with Crippen molar-refractivity contribution in [2.75, 3.05) is 0 Å². The third-order valence-electron chi connectivity index (χ3n) is 3.42. The van der Waals surface area contributed by atoms with Gasteiger partial charge in [0, 0.05) is 6.07 Å². The van der Waals surface area contributed by atoms with Gasteiger partial charge < -0.3 is 8.37 Å². The molecule has 0 spiro atoms. The molecule has 0 amide bonds. The molecule has 0 atom stereocenters. The summed E-state index contributed by atoms with van der Waals surface area (Å²) >= 11 is 0. The molecule has 0 fully saturated rings. The van der Waals surface area contributed by atoms with Crippen molar-refractivity contribution in [3.05, 3.63) is 84.4 Å². The number of hydrogen-bond acceptors (Lipinski definition) is 6. The molecule has 0 saturated carbocycles.